The van der Waals surface area contributed by atoms with E-state index in [2.05, 4.69) is 10.2 Å². The van der Waals surface area contributed by atoms with Gasteiger partial charge in [0.2, 0.25) is 5.89 Å². The van der Waals surface area contributed by atoms with E-state index >= 15 is 0 Å². The van der Waals surface area contributed by atoms with E-state index in [0.717, 1.165) is 11.3 Å². The van der Waals surface area contributed by atoms with Crippen molar-refractivity contribution in [1.29, 1.82) is 0 Å². The number of para-hydroxylation sites is 1. The monoisotopic (exact) mass is 218 g/mol. The number of aromatic nitrogens is 2. The third-order valence-electron chi connectivity index (χ3n) is 2.39. The minimum Gasteiger partial charge on any atom is -0.406 e. The van der Waals surface area contributed by atoms with E-state index in [9.17, 15) is 0 Å². The molecule has 0 saturated carbocycles. The van der Waals surface area contributed by atoms with Crippen molar-refractivity contribution >= 4 is 11.7 Å². The fourth-order valence-corrected chi connectivity index (χ4v) is 1.51. The van der Waals surface area contributed by atoms with Crippen LogP contribution >= 0.6 is 0 Å². The predicted octanol–water partition coefficient (Wildman–Crippen LogP) is 1.60. The number of benzene rings is 1. The van der Waals surface area contributed by atoms with Crippen molar-refractivity contribution in [3.05, 3.63) is 35.7 Å². The number of rotatable bonds is 3. The van der Waals surface area contributed by atoms with Gasteiger partial charge in [-0.3, -0.25) is 4.90 Å². The van der Waals surface area contributed by atoms with E-state index in [1.165, 1.54) is 0 Å². The average molecular weight is 218 g/mol. The zero-order chi connectivity index (χ0) is 11.5. The van der Waals surface area contributed by atoms with Crippen molar-refractivity contribution < 1.29 is 4.42 Å². The molecule has 5 heteroatoms. The van der Waals surface area contributed by atoms with Crippen molar-refractivity contribution in [3.8, 4) is 0 Å². The van der Waals surface area contributed by atoms with Gasteiger partial charge in [0.1, 0.15) is 0 Å². The second-order valence-corrected chi connectivity index (χ2v) is 3.53. The zero-order valence-corrected chi connectivity index (χ0v) is 9.34. The van der Waals surface area contributed by atoms with Crippen LogP contribution in [-0.2, 0) is 6.54 Å². The molecule has 2 aromatic rings. The largest absolute Gasteiger partial charge is 0.406 e. The van der Waals surface area contributed by atoms with Gasteiger partial charge >= 0.3 is 6.01 Å². The van der Waals surface area contributed by atoms with Gasteiger partial charge in [-0.15, -0.1) is 5.10 Å². The fourth-order valence-electron chi connectivity index (χ4n) is 1.51. The molecule has 0 bridgehead atoms. The number of nitrogens with two attached hydrogens (primary N) is 1. The smallest absolute Gasteiger partial charge is 0.322 e. The number of anilines is 2. The Balaban J connectivity index is 2.31. The van der Waals surface area contributed by atoms with Crippen molar-refractivity contribution in [2.75, 3.05) is 11.9 Å². The van der Waals surface area contributed by atoms with Crippen molar-refractivity contribution in [3.63, 3.8) is 0 Å². The van der Waals surface area contributed by atoms with E-state index in [0.29, 0.717) is 11.9 Å². The lowest BCUT2D eigenvalue weighted by molar-refractivity contribution is 0.500. The summed E-state index contributed by atoms with van der Waals surface area (Å²) in [6, 6.07) is 8.45. The maximum atomic E-state index is 5.42. The molecule has 1 heterocycles. The van der Waals surface area contributed by atoms with Gasteiger partial charge in [-0.25, -0.2) is 0 Å². The van der Waals surface area contributed by atoms with Gasteiger partial charge in [0.25, 0.3) is 0 Å². The van der Waals surface area contributed by atoms with Gasteiger partial charge in [0.15, 0.2) is 0 Å². The average Bonchev–Trinajstić information content (AvgIpc) is 2.77. The third kappa shape index (κ3) is 1.90. The maximum Gasteiger partial charge on any atom is 0.322 e. The number of aryl methyl sites for hydroxylation is 1. The molecule has 0 saturated heterocycles. The topological polar surface area (TPSA) is 68.2 Å². The normalized spacial score (nSPS) is 10.4. The first-order chi connectivity index (χ1) is 7.72. The quantitative estimate of drug-likeness (QED) is 0.847. The van der Waals surface area contributed by atoms with Crippen LogP contribution in [0.1, 0.15) is 11.5 Å². The van der Waals surface area contributed by atoms with Gasteiger partial charge in [0.05, 0.1) is 6.54 Å². The van der Waals surface area contributed by atoms with E-state index in [-0.39, 0.29) is 6.54 Å². The second-order valence-electron chi connectivity index (χ2n) is 3.53. The van der Waals surface area contributed by atoms with Crippen LogP contribution in [0.4, 0.5) is 11.7 Å². The maximum absolute atomic E-state index is 5.42. The molecular formula is C11H14N4O. The summed E-state index contributed by atoms with van der Waals surface area (Å²) in [5, 5.41) is 7.76. The van der Waals surface area contributed by atoms with Crippen LogP contribution in [0.5, 0.6) is 0 Å². The molecule has 0 aliphatic heterocycles. The van der Waals surface area contributed by atoms with Gasteiger partial charge in [-0.1, -0.05) is 23.3 Å². The highest BCUT2D eigenvalue weighted by atomic mass is 16.4. The van der Waals surface area contributed by atoms with Crippen LogP contribution in [0.15, 0.2) is 28.7 Å². The summed E-state index contributed by atoms with van der Waals surface area (Å²) in [5.41, 5.74) is 7.60. The number of hydrogen-bond donors (Lipinski definition) is 1. The zero-order valence-electron chi connectivity index (χ0n) is 9.34. The Morgan fingerprint density at radius 2 is 2.06 bits per heavy atom. The summed E-state index contributed by atoms with van der Waals surface area (Å²) >= 11 is 0. The Kier molecular flexibility index (Phi) is 2.87. The number of hydrogen-bond acceptors (Lipinski definition) is 5. The highest BCUT2D eigenvalue weighted by Gasteiger charge is 2.12. The number of nitrogens with zero attached hydrogens (tertiary/aromatic N) is 3. The van der Waals surface area contributed by atoms with Crippen LogP contribution < -0.4 is 10.6 Å². The Labute approximate surface area is 93.9 Å². The lowest BCUT2D eigenvalue weighted by Gasteiger charge is -2.16. The Hall–Kier alpha value is -1.88. The molecule has 0 aliphatic carbocycles. The minimum atomic E-state index is 0.259. The van der Waals surface area contributed by atoms with Crippen LogP contribution in [0.2, 0.25) is 0 Å². The van der Waals surface area contributed by atoms with Gasteiger partial charge < -0.3 is 10.2 Å². The molecule has 0 spiro atoms. The molecule has 1 aromatic carbocycles. The highest BCUT2D eigenvalue weighted by Crippen LogP contribution is 2.24. The van der Waals surface area contributed by atoms with Crippen LogP contribution in [0.3, 0.4) is 0 Å². The molecule has 0 radical (unpaired) electrons. The minimum absolute atomic E-state index is 0.259. The third-order valence-corrected chi connectivity index (χ3v) is 2.39. The van der Waals surface area contributed by atoms with E-state index < -0.39 is 0 Å². The Morgan fingerprint density at radius 1 is 1.31 bits per heavy atom. The molecule has 2 N–H and O–H groups in total. The molecule has 1 aromatic heterocycles. The van der Waals surface area contributed by atoms with Gasteiger partial charge in [-0.05, 0) is 18.6 Å². The lowest BCUT2D eigenvalue weighted by atomic mass is 10.2. The first-order valence-electron chi connectivity index (χ1n) is 5.04. The summed E-state index contributed by atoms with van der Waals surface area (Å²) in [7, 11) is 1.89. The second kappa shape index (κ2) is 4.32. The lowest BCUT2D eigenvalue weighted by Crippen LogP contribution is -2.11. The Morgan fingerprint density at radius 3 is 2.69 bits per heavy atom. The molecular weight excluding hydrogens is 204 g/mol. The van der Waals surface area contributed by atoms with Gasteiger partial charge in [0, 0.05) is 12.7 Å². The molecule has 84 valence electrons. The fraction of sp³-hybridized carbons (Fsp3) is 0.273. The van der Waals surface area contributed by atoms with Crippen LogP contribution in [-0.4, -0.2) is 17.2 Å². The summed E-state index contributed by atoms with van der Waals surface area (Å²) < 4.78 is 5.38. The van der Waals surface area contributed by atoms with Crippen LogP contribution in [0, 0.1) is 6.92 Å². The standard InChI is InChI=1S/C11H14N4O/c1-8-5-3-4-6-9(8)15(2)11-14-13-10(7-12)16-11/h3-6H,7,12H2,1-2H3. The molecule has 0 atom stereocenters. The first kappa shape index (κ1) is 10.6. The predicted molar refractivity (Wildman–Crippen MR) is 61.4 cm³/mol. The molecule has 0 amide bonds. The molecule has 0 aliphatic rings. The van der Waals surface area contributed by atoms with Crippen molar-refractivity contribution in [1.82, 2.24) is 10.2 Å². The summed E-state index contributed by atoms with van der Waals surface area (Å²) in [5.74, 6) is 0.440. The first-order valence-corrected chi connectivity index (χ1v) is 5.04. The van der Waals surface area contributed by atoms with E-state index in [1.807, 2.05) is 43.1 Å². The van der Waals surface area contributed by atoms with Gasteiger partial charge in [-0.2, -0.15) is 0 Å². The summed E-state index contributed by atoms with van der Waals surface area (Å²) in [4.78, 5) is 1.85. The molecule has 5 nitrogen and oxygen atoms in total. The molecule has 0 fully saturated rings. The summed E-state index contributed by atoms with van der Waals surface area (Å²) in [6.45, 7) is 2.29. The SMILES string of the molecule is Cc1ccccc1N(C)c1nnc(CN)o1. The van der Waals surface area contributed by atoms with E-state index in [1.54, 1.807) is 0 Å². The van der Waals surface area contributed by atoms with Crippen LogP contribution in [0.25, 0.3) is 0 Å². The summed E-state index contributed by atoms with van der Waals surface area (Å²) in [6.07, 6.45) is 0. The Bertz CT molecular complexity index is 480. The van der Waals surface area contributed by atoms with Crippen molar-refractivity contribution in [2.24, 2.45) is 5.73 Å². The van der Waals surface area contributed by atoms with E-state index in [4.69, 9.17) is 10.2 Å². The highest BCUT2D eigenvalue weighted by molar-refractivity contribution is 5.59. The molecule has 2 rings (SSSR count). The molecule has 0 unspecified atom stereocenters. The molecule has 16 heavy (non-hydrogen) atoms. The van der Waals surface area contributed by atoms with Crippen molar-refractivity contribution in [2.45, 2.75) is 13.5 Å².